The van der Waals surface area contributed by atoms with Gasteiger partial charge in [0.05, 0.1) is 13.4 Å². The van der Waals surface area contributed by atoms with Crippen molar-refractivity contribution in [1.82, 2.24) is 24.7 Å². The summed E-state index contributed by atoms with van der Waals surface area (Å²) >= 11 is 0. The zero-order valence-corrected chi connectivity index (χ0v) is 21.3. The molecule has 0 saturated carbocycles. The van der Waals surface area contributed by atoms with E-state index in [1.807, 2.05) is 56.6 Å². The molecule has 3 rings (SSSR count). The van der Waals surface area contributed by atoms with Crippen molar-refractivity contribution in [3.05, 3.63) is 36.4 Å². The standard InChI is InChI=1S/C25H40N6O3/c1-20-18-26-19-30(20)12-6-11-27-25(32)31(21-9-13-29(4)14-10-21)22-7-8-23(24(17-22)33-5)34-16-15-28(2)3/h7-8,17-19,21H,6,9-16H2,1-5H3,(H,27,32). The highest BCUT2D eigenvalue weighted by Crippen LogP contribution is 2.34. The molecule has 0 spiro atoms. The number of methoxy groups -OCH3 is 1. The number of aryl methyl sites for hydroxylation is 2. The molecule has 0 atom stereocenters. The van der Waals surface area contributed by atoms with E-state index in [0.29, 0.717) is 24.7 Å². The largest absolute Gasteiger partial charge is 0.493 e. The summed E-state index contributed by atoms with van der Waals surface area (Å²) in [6, 6.07) is 5.84. The van der Waals surface area contributed by atoms with E-state index in [9.17, 15) is 4.79 Å². The molecular weight excluding hydrogens is 432 g/mol. The van der Waals surface area contributed by atoms with Crippen molar-refractivity contribution in [2.45, 2.75) is 38.8 Å². The Hall–Kier alpha value is -2.78. The fourth-order valence-corrected chi connectivity index (χ4v) is 4.16. The first-order valence-corrected chi connectivity index (χ1v) is 12.1. The van der Waals surface area contributed by atoms with Gasteiger partial charge in [0, 0.05) is 49.3 Å². The van der Waals surface area contributed by atoms with Gasteiger partial charge in [-0.25, -0.2) is 9.78 Å². The van der Waals surface area contributed by atoms with Crippen molar-refractivity contribution >= 4 is 11.7 Å². The molecule has 1 saturated heterocycles. The summed E-state index contributed by atoms with van der Waals surface area (Å²) < 4.78 is 13.6. The number of urea groups is 1. The van der Waals surface area contributed by atoms with Crippen LogP contribution in [0.3, 0.4) is 0 Å². The van der Waals surface area contributed by atoms with E-state index < -0.39 is 0 Å². The maximum Gasteiger partial charge on any atom is 0.322 e. The fraction of sp³-hybridized carbons (Fsp3) is 0.600. The number of amides is 2. The summed E-state index contributed by atoms with van der Waals surface area (Å²) in [4.78, 5) is 23.8. The van der Waals surface area contributed by atoms with Gasteiger partial charge < -0.3 is 29.2 Å². The lowest BCUT2D eigenvalue weighted by molar-refractivity contribution is 0.226. The smallest absolute Gasteiger partial charge is 0.322 e. The van der Waals surface area contributed by atoms with Crippen LogP contribution < -0.4 is 19.7 Å². The number of ether oxygens (including phenoxy) is 2. The Bertz CT molecular complexity index is 908. The van der Waals surface area contributed by atoms with Gasteiger partial charge in [0.1, 0.15) is 6.61 Å². The van der Waals surface area contributed by atoms with Gasteiger partial charge in [0.25, 0.3) is 0 Å². The summed E-state index contributed by atoms with van der Waals surface area (Å²) in [6.45, 7) is 6.78. The van der Waals surface area contributed by atoms with Crippen LogP contribution in [-0.2, 0) is 6.54 Å². The molecule has 0 unspecified atom stereocenters. The van der Waals surface area contributed by atoms with Gasteiger partial charge in [-0.2, -0.15) is 0 Å². The van der Waals surface area contributed by atoms with Gasteiger partial charge in [-0.3, -0.25) is 4.90 Å². The highest BCUT2D eigenvalue weighted by atomic mass is 16.5. The number of likely N-dealkylation sites (tertiary alicyclic amines) is 1. The van der Waals surface area contributed by atoms with Crippen molar-refractivity contribution in [3.63, 3.8) is 0 Å². The molecule has 2 amide bonds. The molecule has 9 nitrogen and oxygen atoms in total. The predicted molar refractivity (Wildman–Crippen MR) is 135 cm³/mol. The Balaban J connectivity index is 1.70. The number of benzene rings is 1. The second-order valence-corrected chi connectivity index (χ2v) is 9.21. The molecular formula is C25H40N6O3. The highest BCUT2D eigenvalue weighted by molar-refractivity contribution is 5.93. The van der Waals surface area contributed by atoms with Crippen LogP contribution >= 0.6 is 0 Å². The number of carbonyl (C=O) groups excluding carboxylic acids is 1. The lowest BCUT2D eigenvalue weighted by atomic mass is 10.0. The highest BCUT2D eigenvalue weighted by Gasteiger charge is 2.29. The Labute approximate surface area is 203 Å². The Morgan fingerprint density at radius 2 is 2.00 bits per heavy atom. The van der Waals surface area contributed by atoms with E-state index in [1.165, 1.54) is 0 Å². The van der Waals surface area contributed by atoms with E-state index in [-0.39, 0.29) is 12.1 Å². The average molecular weight is 473 g/mol. The Morgan fingerprint density at radius 3 is 2.65 bits per heavy atom. The van der Waals surface area contributed by atoms with Crippen molar-refractivity contribution < 1.29 is 14.3 Å². The van der Waals surface area contributed by atoms with Crippen molar-refractivity contribution in [2.75, 3.05) is 65.9 Å². The maximum absolute atomic E-state index is 13.4. The van der Waals surface area contributed by atoms with Crippen molar-refractivity contribution in [1.29, 1.82) is 0 Å². The molecule has 1 aromatic carbocycles. The first-order valence-electron chi connectivity index (χ1n) is 12.1. The second kappa shape index (κ2) is 12.6. The normalized spacial score (nSPS) is 14.9. The van der Waals surface area contributed by atoms with Crippen LogP contribution in [0.15, 0.2) is 30.7 Å². The summed E-state index contributed by atoms with van der Waals surface area (Å²) in [5.74, 6) is 1.32. The number of nitrogens with one attached hydrogen (secondary N) is 1. The molecule has 1 N–H and O–H groups in total. The van der Waals surface area contributed by atoms with Gasteiger partial charge in [-0.15, -0.1) is 0 Å². The number of piperidine rings is 1. The molecule has 2 aromatic rings. The van der Waals surface area contributed by atoms with E-state index >= 15 is 0 Å². The molecule has 34 heavy (non-hydrogen) atoms. The topological polar surface area (TPSA) is 75.1 Å². The average Bonchev–Trinajstić information content (AvgIpc) is 3.23. The SMILES string of the molecule is COc1cc(N(C(=O)NCCCn2cncc2C)C2CCN(C)CC2)ccc1OCCN(C)C. The molecule has 1 aliphatic rings. The third-order valence-corrected chi connectivity index (χ3v) is 6.27. The first-order chi connectivity index (χ1) is 16.4. The minimum atomic E-state index is -0.0692. The summed E-state index contributed by atoms with van der Waals surface area (Å²) in [5, 5.41) is 3.13. The molecule has 1 aliphatic heterocycles. The van der Waals surface area contributed by atoms with Gasteiger partial charge >= 0.3 is 6.03 Å². The number of carbonyl (C=O) groups is 1. The molecule has 0 aliphatic carbocycles. The van der Waals surface area contributed by atoms with Crippen LogP contribution in [0.4, 0.5) is 10.5 Å². The minimum absolute atomic E-state index is 0.0692. The summed E-state index contributed by atoms with van der Waals surface area (Å²) in [5.41, 5.74) is 1.95. The number of aromatic nitrogens is 2. The summed E-state index contributed by atoms with van der Waals surface area (Å²) in [7, 11) is 7.79. The third kappa shape index (κ3) is 7.11. The molecule has 0 radical (unpaired) electrons. The van der Waals surface area contributed by atoms with E-state index in [2.05, 4.69) is 31.7 Å². The molecule has 1 aromatic heterocycles. The molecule has 188 valence electrons. The number of likely N-dealkylation sites (N-methyl/N-ethyl adjacent to an activating group) is 1. The number of nitrogens with zero attached hydrogens (tertiary/aromatic N) is 5. The number of rotatable bonds is 11. The van der Waals surface area contributed by atoms with Crippen LogP contribution in [0.25, 0.3) is 0 Å². The summed E-state index contributed by atoms with van der Waals surface area (Å²) in [6.07, 6.45) is 6.38. The first kappa shape index (κ1) is 25.8. The minimum Gasteiger partial charge on any atom is -0.493 e. The number of anilines is 1. The van der Waals surface area contributed by atoms with Gasteiger partial charge in [0.2, 0.25) is 0 Å². The lowest BCUT2D eigenvalue weighted by Gasteiger charge is -2.37. The molecule has 9 heteroatoms. The molecule has 0 bridgehead atoms. The second-order valence-electron chi connectivity index (χ2n) is 9.21. The fourth-order valence-electron chi connectivity index (χ4n) is 4.16. The van der Waals surface area contributed by atoms with Crippen LogP contribution in [-0.4, -0.2) is 92.5 Å². The Morgan fingerprint density at radius 1 is 1.24 bits per heavy atom. The van der Waals surface area contributed by atoms with Gasteiger partial charge in [-0.05, 0) is 72.6 Å². The monoisotopic (exact) mass is 472 g/mol. The zero-order valence-electron chi connectivity index (χ0n) is 21.3. The van der Waals surface area contributed by atoms with E-state index in [4.69, 9.17) is 9.47 Å². The number of hydrogen-bond donors (Lipinski definition) is 1. The third-order valence-electron chi connectivity index (χ3n) is 6.27. The van der Waals surface area contributed by atoms with Gasteiger partial charge in [0.15, 0.2) is 11.5 Å². The maximum atomic E-state index is 13.4. The lowest BCUT2D eigenvalue weighted by Crippen LogP contribution is -2.50. The van der Waals surface area contributed by atoms with Crippen molar-refractivity contribution in [3.8, 4) is 11.5 Å². The quantitative estimate of drug-likeness (QED) is 0.507. The Kier molecular flexibility index (Phi) is 9.59. The van der Waals surface area contributed by atoms with E-state index in [0.717, 1.165) is 56.8 Å². The van der Waals surface area contributed by atoms with Crippen LogP contribution in [0.1, 0.15) is 25.0 Å². The number of imidazole rings is 1. The van der Waals surface area contributed by atoms with Crippen LogP contribution in [0.5, 0.6) is 11.5 Å². The molecule has 1 fully saturated rings. The van der Waals surface area contributed by atoms with Crippen LogP contribution in [0.2, 0.25) is 0 Å². The van der Waals surface area contributed by atoms with Crippen LogP contribution in [0, 0.1) is 6.92 Å². The molecule has 2 heterocycles. The zero-order chi connectivity index (χ0) is 24.5. The van der Waals surface area contributed by atoms with Crippen molar-refractivity contribution in [2.24, 2.45) is 0 Å². The van der Waals surface area contributed by atoms with Gasteiger partial charge in [-0.1, -0.05) is 0 Å². The number of hydrogen-bond acceptors (Lipinski definition) is 6. The van der Waals surface area contributed by atoms with E-state index in [1.54, 1.807) is 7.11 Å². The predicted octanol–water partition coefficient (Wildman–Crippen LogP) is 2.84.